The molecule has 0 saturated heterocycles. The van der Waals surface area contributed by atoms with Crippen molar-refractivity contribution in [1.29, 1.82) is 0 Å². The maximum Gasteiger partial charge on any atom is 0.0540 e. The first-order chi connectivity index (χ1) is 31.2. The Morgan fingerprint density at radius 3 is 1.46 bits per heavy atom. The summed E-state index contributed by atoms with van der Waals surface area (Å²) in [6, 6.07) is 91.2. The van der Waals surface area contributed by atoms with Crippen molar-refractivity contribution in [2.75, 3.05) is 4.90 Å². The number of hydrogen-bond donors (Lipinski definition) is 0. The van der Waals surface area contributed by atoms with Crippen molar-refractivity contribution in [1.82, 2.24) is 0 Å². The van der Waals surface area contributed by atoms with E-state index < -0.39 is 0 Å². The summed E-state index contributed by atoms with van der Waals surface area (Å²) in [4.78, 5) is 2.45. The molecule has 0 radical (unpaired) electrons. The van der Waals surface area contributed by atoms with Crippen LogP contribution < -0.4 is 4.90 Å². The van der Waals surface area contributed by atoms with Crippen LogP contribution in [0.5, 0.6) is 0 Å². The summed E-state index contributed by atoms with van der Waals surface area (Å²) >= 11 is 0. The molecule has 1 heteroatoms. The Bertz CT molecular complexity index is 3670. The average Bonchev–Trinajstić information content (AvgIpc) is 3.36. The first-order valence-corrected chi connectivity index (χ1v) is 21.7. The lowest BCUT2D eigenvalue weighted by atomic mass is 9.84. The van der Waals surface area contributed by atoms with Crippen LogP contribution >= 0.6 is 0 Å². The fourth-order valence-electron chi connectivity index (χ4n) is 9.83. The predicted octanol–water partition coefficient (Wildman–Crippen LogP) is 17.6. The van der Waals surface area contributed by atoms with Gasteiger partial charge in [-0.2, -0.15) is 0 Å². The molecule has 0 fully saturated rings. The minimum Gasteiger partial charge on any atom is -0.310 e. The van der Waals surface area contributed by atoms with E-state index in [4.69, 9.17) is 0 Å². The van der Waals surface area contributed by atoms with E-state index >= 15 is 0 Å². The zero-order chi connectivity index (χ0) is 41.7. The smallest absolute Gasteiger partial charge is 0.0540 e. The van der Waals surface area contributed by atoms with Crippen LogP contribution in [-0.2, 0) is 0 Å². The molecular formula is C62H41N. The Balaban J connectivity index is 1.09. The second-order valence-electron chi connectivity index (χ2n) is 16.4. The average molecular weight is 800 g/mol. The van der Waals surface area contributed by atoms with Crippen LogP contribution in [0.3, 0.4) is 0 Å². The van der Waals surface area contributed by atoms with Gasteiger partial charge in [-0.25, -0.2) is 0 Å². The topological polar surface area (TPSA) is 3.24 Å². The molecule has 63 heavy (non-hydrogen) atoms. The standard InChI is InChI=1S/C62H41N/c1-4-16-42(17-5-1)46-29-30-48-39-51(34-32-47(48)38-46)63(52-35-37-54-49(40-52)31-28-43-18-10-11-23-53(43)54)60-27-15-14-24-55(60)50-33-36-57-56-25-12-13-26-58(56)61(44-19-6-2-7-20-44)62(59(57)41-50)45-21-8-3-9-22-45/h1-41H. The van der Waals surface area contributed by atoms with Crippen molar-refractivity contribution in [3.63, 3.8) is 0 Å². The summed E-state index contributed by atoms with van der Waals surface area (Å²) < 4.78 is 0. The third kappa shape index (κ3) is 6.42. The summed E-state index contributed by atoms with van der Waals surface area (Å²) in [5.41, 5.74) is 13.0. The van der Waals surface area contributed by atoms with E-state index in [2.05, 4.69) is 254 Å². The fourth-order valence-corrected chi connectivity index (χ4v) is 9.83. The summed E-state index contributed by atoms with van der Waals surface area (Å²) in [6.07, 6.45) is 0. The maximum atomic E-state index is 2.45. The SMILES string of the molecule is c1ccc(-c2ccc3cc(N(c4ccc5c(ccc6ccccc65)c4)c4ccccc4-c4ccc5c(c4)c(-c4ccccc4)c(-c4ccccc4)c4ccccc45)ccc3c2)cc1. The van der Waals surface area contributed by atoms with Crippen molar-refractivity contribution in [3.8, 4) is 44.5 Å². The molecule has 0 spiro atoms. The number of fused-ring (bicyclic) bond motifs is 7. The van der Waals surface area contributed by atoms with Crippen LogP contribution in [0.1, 0.15) is 0 Å². The molecule has 12 rings (SSSR count). The van der Waals surface area contributed by atoms with Gasteiger partial charge in [-0.05, 0) is 135 Å². The highest BCUT2D eigenvalue weighted by Crippen LogP contribution is 2.48. The zero-order valence-electron chi connectivity index (χ0n) is 34.6. The molecular weight excluding hydrogens is 759 g/mol. The van der Waals surface area contributed by atoms with Crippen LogP contribution in [0, 0.1) is 0 Å². The van der Waals surface area contributed by atoms with Gasteiger partial charge in [0, 0.05) is 16.9 Å². The molecule has 12 aromatic carbocycles. The Morgan fingerprint density at radius 2 is 0.698 bits per heavy atom. The number of benzene rings is 12. The van der Waals surface area contributed by atoms with E-state index in [9.17, 15) is 0 Å². The van der Waals surface area contributed by atoms with Gasteiger partial charge in [-0.3, -0.25) is 0 Å². The third-order valence-corrected chi connectivity index (χ3v) is 12.8. The zero-order valence-corrected chi connectivity index (χ0v) is 34.6. The van der Waals surface area contributed by atoms with Gasteiger partial charge in [0.2, 0.25) is 0 Å². The van der Waals surface area contributed by atoms with E-state index in [0.29, 0.717) is 0 Å². The quantitative estimate of drug-likeness (QED) is 0.145. The molecule has 0 aromatic heterocycles. The van der Waals surface area contributed by atoms with Gasteiger partial charge in [-0.15, -0.1) is 0 Å². The molecule has 0 bridgehead atoms. The number of para-hydroxylation sites is 1. The molecule has 1 nitrogen and oxygen atoms in total. The lowest BCUT2D eigenvalue weighted by molar-refractivity contribution is 1.29. The minimum atomic E-state index is 1.10. The van der Waals surface area contributed by atoms with Crippen LogP contribution in [0.2, 0.25) is 0 Å². The Morgan fingerprint density at radius 1 is 0.222 bits per heavy atom. The van der Waals surface area contributed by atoms with Crippen LogP contribution in [0.25, 0.3) is 98.4 Å². The number of anilines is 3. The predicted molar refractivity (Wildman–Crippen MR) is 270 cm³/mol. The summed E-state index contributed by atoms with van der Waals surface area (Å²) in [7, 11) is 0. The lowest BCUT2D eigenvalue weighted by Crippen LogP contribution is -2.11. The molecule has 0 aliphatic carbocycles. The summed E-state index contributed by atoms with van der Waals surface area (Å²) in [5.74, 6) is 0. The monoisotopic (exact) mass is 799 g/mol. The molecule has 0 atom stereocenters. The van der Waals surface area contributed by atoms with Gasteiger partial charge in [0.15, 0.2) is 0 Å². The van der Waals surface area contributed by atoms with Crippen molar-refractivity contribution in [2.45, 2.75) is 0 Å². The Kier molecular flexibility index (Phi) is 8.90. The highest BCUT2D eigenvalue weighted by molar-refractivity contribution is 6.22. The number of rotatable bonds is 7. The van der Waals surface area contributed by atoms with E-state index in [0.717, 1.165) is 28.2 Å². The van der Waals surface area contributed by atoms with E-state index in [1.54, 1.807) is 0 Å². The van der Waals surface area contributed by atoms with Crippen LogP contribution in [-0.4, -0.2) is 0 Å². The minimum absolute atomic E-state index is 1.10. The second-order valence-corrected chi connectivity index (χ2v) is 16.4. The highest BCUT2D eigenvalue weighted by atomic mass is 15.1. The van der Waals surface area contributed by atoms with Gasteiger partial charge < -0.3 is 4.90 Å². The van der Waals surface area contributed by atoms with Crippen LogP contribution in [0.15, 0.2) is 249 Å². The molecule has 0 saturated carbocycles. The van der Waals surface area contributed by atoms with Crippen molar-refractivity contribution in [2.24, 2.45) is 0 Å². The van der Waals surface area contributed by atoms with Gasteiger partial charge in [0.05, 0.1) is 5.69 Å². The largest absolute Gasteiger partial charge is 0.310 e. The van der Waals surface area contributed by atoms with E-state index in [-0.39, 0.29) is 0 Å². The van der Waals surface area contributed by atoms with Crippen LogP contribution in [0.4, 0.5) is 17.1 Å². The van der Waals surface area contributed by atoms with Crippen molar-refractivity contribution in [3.05, 3.63) is 249 Å². The normalized spacial score (nSPS) is 11.5. The summed E-state index contributed by atoms with van der Waals surface area (Å²) in [6.45, 7) is 0. The second kappa shape index (κ2) is 15.3. The Labute approximate surface area is 367 Å². The fraction of sp³-hybridized carbons (Fsp3) is 0. The lowest BCUT2D eigenvalue weighted by Gasteiger charge is -2.29. The number of hydrogen-bond acceptors (Lipinski definition) is 1. The van der Waals surface area contributed by atoms with Gasteiger partial charge >= 0.3 is 0 Å². The molecule has 0 aliphatic rings. The van der Waals surface area contributed by atoms with Crippen molar-refractivity contribution >= 4 is 70.9 Å². The Hall–Kier alpha value is -8.26. The van der Waals surface area contributed by atoms with E-state index in [1.165, 1.54) is 87.2 Å². The molecule has 0 unspecified atom stereocenters. The van der Waals surface area contributed by atoms with Gasteiger partial charge in [-0.1, -0.05) is 206 Å². The molecule has 0 N–H and O–H groups in total. The van der Waals surface area contributed by atoms with Crippen molar-refractivity contribution < 1.29 is 0 Å². The first kappa shape index (κ1) is 36.6. The molecule has 0 aliphatic heterocycles. The molecule has 294 valence electrons. The van der Waals surface area contributed by atoms with Gasteiger partial charge in [0.1, 0.15) is 0 Å². The summed E-state index contributed by atoms with van der Waals surface area (Å²) in [5, 5.41) is 12.4. The third-order valence-electron chi connectivity index (χ3n) is 12.8. The molecule has 0 heterocycles. The van der Waals surface area contributed by atoms with Gasteiger partial charge in [0.25, 0.3) is 0 Å². The number of nitrogens with zero attached hydrogens (tertiary/aromatic N) is 1. The maximum absolute atomic E-state index is 2.45. The highest BCUT2D eigenvalue weighted by Gasteiger charge is 2.22. The first-order valence-electron chi connectivity index (χ1n) is 21.7. The molecule has 12 aromatic rings. The van der Waals surface area contributed by atoms with E-state index in [1.807, 2.05) is 0 Å². The molecule has 0 amide bonds.